The molecule has 0 spiro atoms. The number of urea groups is 1. The number of carbonyl (C=O) groups is 3. The van der Waals surface area contributed by atoms with Crippen LogP contribution in [0.1, 0.15) is 19.8 Å². The van der Waals surface area contributed by atoms with Crippen LogP contribution in [0.3, 0.4) is 0 Å². The number of hydrogen-bond donors (Lipinski definition) is 3. The quantitative estimate of drug-likeness (QED) is 0.577. The topological polar surface area (TPSA) is 108 Å². The number of hydrogen-bond acceptors (Lipinski definition) is 5. The normalized spacial score (nSPS) is 18.8. The van der Waals surface area contributed by atoms with E-state index in [9.17, 15) is 14.4 Å². The summed E-state index contributed by atoms with van der Waals surface area (Å²) in [7, 11) is 0. The van der Waals surface area contributed by atoms with Gasteiger partial charge in [0.15, 0.2) is 0 Å². The molecular weight excluding hydrogens is 266 g/mol. The van der Waals surface area contributed by atoms with Gasteiger partial charge >= 0.3 is 12.0 Å². The van der Waals surface area contributed by atoms with Gasteiger partial charge in [0, 0.05) is 12.6 Å². The Hall–Kier alpha value is -1.67. The number of nitrogens with zero attached hydrogens (tertiary/aromatic N) is 1. The number of nitrogens with one attached hydrogen (secondary N) is 2. The number of amides is 3. The Morgan fingerprint density at radius 1 is 1.35 bits per heavy atom. The van der Waals surface area contributed by atoms with Gasteiger partial charge in [-0.3, -0.25) is 15.0 Å². The average Bonchev–Trinajstić information content (AvgIpc) is 2.83. The second-order valence-electron chi connectivity index (χ2n) is 4.57. The van der Waals surface area contributed by atoms with E-state index in [1.165, 1.54) is 0 Å². The van der Waals surface area contributed by atoms with Gasteiger partial charge in [0.05, 0.1) is 0 Å². The first-order valence-electron chi connectivity index (χ1n) is 6.64. The number of carboxylic acid groups (broad SMARTS) is 1. The zero-order valence-corrected chi connectivity index (χ0v) is 11.6. The minimum Gasteiger partial charge on any atom is -0.480 e. The van der Waals surface area contributed by atoms with E-state index >= 15 is 0 Å². The molecule has 3 amide bonds. The Balaban J connectivity index is 2.16. The molecule has 1 heterocycles. The number of rotatable bonds is 7. The first-order chi connectivity index (χ1) is 9.52. The third-order valence-corrected chi connectivity index (χ3v) is 3.12. The lowest BCUT2D eigenvalue weighted by atomic mass is 10.2. The lowest BCUT2D eigenvalue weighted by Crippen LogP contribution is -2.46. The maximum Gasteiger partial charge on any atom is 0.329 e. The smallest absolute Gasteiger partial charge is 0.329 e. The van der Waals surface area contributed by atoms with Gasteiger partial charge in [-0.2, -0.15) is 0 Å². The number of likely N-dealkylation sites (N-methyl/N-ethyl adjacent to an activating group) is 1. The van der Waals surface area contributed by atoms with E-state index in [1.807, 2.05) is 0 Å². The summed E-state index contributed by atoms with van der Waals surface area (Å²) in [4.78, 5) is 35.2. The molecule has 8 nitrogen and oxygen atoms in total. The highest BCUT2D eigenvalue weighted by molar-refractivity contribution is 5.94. The number of carboxylic acids is 1. The zero-order valence-electron chi connectivity index (χ0n) is 11.6. The van der Waals surface area contributed by atoms with Crippen molar-refractivity contribution < 1.29 is 24.2 Å². The van der Waals surface area contributed by atoms with Crippen molar-refractivity contribution in [1.29, 1.82) is 0 Å². The number of aliphatic carboxylic acids is 1. The van der Waals surface area contributed by atoms with Crippen LogP contribution >= 0.6 is 0 Å². The third kappa shape index (κ3) is 5.98. The minimum absolute atomic E-state index is 0.309. The standard InChI is InChI=1S/C12H21N3O5/c1-2-15-5-3-4-9(15)6-13-12(19)14-10(16)7-20-8-11(17)18/h9H,2-8H2,1H3,(H,17,18)(H2,13,14,16,19). The van der Waals surface area contributed by atoms with E-state index < -0.39 is 31.1 Å². The second kappa shape index (κ2) is 8.49. The van der Waals surface area contributed by atoms with E-state index in [0.717, 1.165) is 25.9 Å². The van der Waals surface area contributed by atoms with Crippen molar-refractivity contribution >= 4 is 17.9 Å². The lowest BCUT2D eigenvalue weighted by molar-refractivity contribution is -0.143. The zero-order chi connectivity index (χ0) is 15.0. The molecule has 114 valence electrons. The Kier molecular flexibility index (Phi) is 6.96. The molecular formula is C12H21N3O5. The highest BCUT2D eigenvalue weighted by Gasteiger charge is 2.23. The second-order valence-corrected chi connectivity index (χ2v) is 4.57. The molecule has 1 unspecified atom stereocenters. The van der Waals surface area contributed by atoms with Crippen molar-refractivity contribution in [2.75, 3.05) is 32.8 Å². The molecule has 1 rings (SSSR count). The summed E-state index contributed by atoms with van der Waals surface area (Å²) in [5.74, 6) is -1.83. The van der Waals surface area contributed by atoms with Gasteiger partial charge in [0.1, 0.15) is 13.2 Å². The van der Waals surface area contributed by atoms with Crippen molar-refractivity contribution in [3.63, 3.8) is 0 Å². The van der Waals surface area contributed by atoms with Crippen molar-refractivity contribution in [2.24, 2.45) is 0 Å². The summed E-state index contributed by atoms with van der Waals surface area (Å²) in [6.45, 7) is 3.51. The minimum atomic E-state index is -1.16. The molecule has 20 heavy (non-hydrogen) atoms. The fourth-order valence-corrected chi connectivity index (χ4v) is 2.19. The fraction of sp³-hybridized carbons (Fsp3) is 0.750. The van der Waals surface area contributed by atoms with Crippen LogP contribution in [0.15, 0.2) is 0 Å². The van der Waals surface area contributed by atoms with E-state index in [2.05, 4.69) is 27.2 Å². The Bertz CT molecular complexity index is 361. The van der Waals surface area contributed by atoms with Crippen LogP contribution in [0.5, 0.6) is 0 Å². The van der Waals surface area contributed by atoms with Gasteiger partial charge in [-0.25, -0.2) is 9.59 Å². The molecule has 0 aromatic heterocycles. The molecule has 8 heteroatoms. The molecule has 0 radical (unpaired) electrons. The number of likely N-dealkylation sites (tertiary alicyclic amines) is 1. The maximum atomic E-state index is 11.5. The first-order valence-corrected chi connectivity index (χ1v) is 6.64. The summed E-state index contributed by atoms with van der Waals surface area (Å²) >= 11 is 0. The molecule has 1 aliphatic rings. The molecule has 1 atom stereocenters. The van der Waals surface area contributed by atoms with Crippen LogP contribution in [0, 0.1) is 0 Å². The third-order valence-electron chi connectivity index (χ3n) is 3.12. The van der Waals surface area contributed by atoms with Gasteiger partial charge in [-0.1, -0.05) is 6.92 Å². The average molecular weight is 287 g/mol. The first kappa shape index (κ1) is 16.4. The van der Waals surface area contributed by atoms with Crippen LogP contribution in [-0.2, 0) is 14.3 Å². The number of imide groups is 1. The highest BCUT2D eigenvalue weighted by atomic mass is 16.5. The number of carbonyl (C=O) groups excluding carboxylic acids is 2. The van der Waals surface area contributed by atoms with E-state index in [4.69, 9.17) is 5.11 Å². The van der Waals surface area contributed by atoms with Crippen LogP contribution in [0.2, 0.25) is 0 Å². The molecule has 0 aromatic carbocycles. The van der Waals surface area contributed by atoms with Crippen molar-refractivity contribution in [3.8, 4) is 0 Å². The summed E-state index contributed by atoms with van der Waals surface area (Å²) in [6.07, 6.45) is 2.15. The highest BCUT2D eigenvalue weighted by Crippen LogP contribution is 2.15. The van der Waals surface area contributed by atoms with E-state index in [0.29, 0.717) is 12.6 Å². The van der Waals surface area contributed by atoms with Crippen molar-refractivity contribution in [1.82, 2.24) is 15.5 Å². The van der Waals surface area contributed by atoms with Crippen LogP contribution in [-0.4, -0.2) is 66.8 Å². The Labute approximate surface area is 117 Å². The van der Waals surface area contributed by atoms with Crippen LogP contribution in [0.4, 0.5) is 4.79 Å². The molecule has 0 aliphatic carbocycles. The van der Waals surface area contributed by atoms with Crippen LogP contribution < -0.4 is 10.6 Å². The summed E-state index contributed by atoms with van der Waals surface area (Å²) < 4.78 is 4.57. The van der Waals surface area contributed by atoms with Gasteiger partial charge in [0.2, 0.25) is 0 Å². The predicted molar refractivity (Wildman–Crippen MR) is 70.3 cm³/mol. The number of ether oxygens (including phenoxy) is 1. The molecule has 1 fully saturated rings. The molecule has 3 N–H and O–H groups in total. The van der Waals surface area contributed by atoms with E-state index in [1.54, 1.807) is 0 Å². The lowest BCUT2D eigenvalue weighted by Gasteiger charge is -2.22. The molecule has 0 bridgehead atoms. The van der Waals surface area contributed by atoms with Crippen LogP contribution in [0.25, 0.3) is 0 Å². The Morgan fingerprint density at radius 3 is 2.75 bits per heavy atom. The summed E-state index contributed by atoms with van der Waals surface area (Å²) in [6, 6.07) is -0.277. The van der Waals surface area contributed by atoms with Crippen molar-refractivity contribution in [2.45, 2.75) is 25.8 Å². The maximum absolute atomic E-state index is 11.5. The molecule has 1 saturated heterocycles. The van der Waals surface area contributed by atoms with Gasteiger partial charge in [-0.05, 0) is 25.9 Å². The monoisotopic (exact) mass is 287 g/mol. The SMILES string of the molecule is CCN1CCCC1CNC(=O)NC(=O)COCC(=O)O. The molecule has 1 aliphatic heterocycles. The summed E-state index contributed by atoms with van der Waals surface area (Å²) in [5.41, 5.74) is 0. The largest absolute Gasteiger partial charge is 0.480 e. The Morgan fingerprint density at radius 2 is 2.10 bits per heavy atom. The summed E-state index contributed by atoms with van der Waals surface area (Å²) in [5, 5.41) is 13.0. The fourth-order valence-electron chi connectivity index (χ4n) is 2.19. The van der Waals surface area contributed by atoms with Gasteiger partial charge < -0.3 is 15.2 Å². The van der Waals surface area contributed by atoms with Crippen molar-refractivity contribution in [3.05, 3.63) is 0 Å². The molecule has 0 saturated carbocycles. The van der Waals surface area contributed by atoms with Gasteiger partial charge in [0.25, 0.3) is 5.91 Å². The predicted octanol–water partition coefficient (Wildman–Crippen LogP) is -0.602. The van der Waals surface area contributed by atoms with E-state index in [-0.39, 0.29) is 0 Å². The van der Waals surface area contributed by atoms with Gasteiger partial charge in [-0.15, -0.1) is 0 Å². The molecule has 0 aromatic rings.